The summed E-state index contributed by atoms with van der Waals surface area (Å²) in [5, 5.41) is 11.6. The molecule has 4 aromatic rings. The monoisotopic (exact) mass is 574 g/mol. The maximum atomic E-state index is 14.5. The number of carboxylic acid groups (broad SMARTS) is 1. The van der Waals surface area contributed by atoms with E-state index in [2.05, 4.69) is 28.1 Å². The van der Waals surface area contributed by atoms with E-state index in [-0.39, 0.29) is 38.8 Å². The number of nitrogens with zero attached hydrogens (tertiary/aromatic N) is 3. The molecule has 6 rings (SSSR count). The lowest BCUT2D eigenvalue weighted by Crippen LogP contribution is -2.60. The van der Waals surface area contributed by atoms with E-state index in [4.69, 9.17) is 16.3 Å². The SMILES string of the molecule is C[N+](C(=O)c1cc(F)ccc1Cl)(C1CCN(c2ccc3cnccc3c2)CC1)C1CCc2ccc(OC(=O)O)cc21. The van der Waals surface area contributed by atoms with E-state index in [1.165, 1.54) is 18.2 Å². The van der Waals surface area contributed by atoms with Crippen molar-refractivity contribution >= 4 is 40.1 Å². The lowest BCUT2D eigenvalue weighted by molar-refractivity contribution is -0.887. The number of anilines is 1. The van der Waals surface area contributed by atoms with E-state index in [1.807, 2.05) is 25.4 Å². The van der Waals surface area contributed by atoms with Gasteiger partial charge in [-0.3, -0.25) is 4.98 Å². The number of ether oxygens (including phenoxy) is 1. The molecule has 1 aromatic heterocycles. The topological polar surface area (TPSA) is 79.7 Å². The maximum Gasteiger partial charge on any atom is 0.511 e. The van der Waals surface area contributed by atoms with Gasteiger partial charge in [0, 0.05) is 61.4 Å². The van der Waals surface area contributed by atoms with Gasteiger partial charge < -0.3 is 14.7 Å². The van der Waals surface area contributed by atoms with E-state index in [0.29, 0.717) is 6.42 Å². The number of piperidine rings is 1. The molecule has 2 unspecified atom stereocenters. The van der Waals surface area contributed by atoms with Gasteiger partial charge in [0.15, 0.2) is 0 Å². The molecule has 1 aliphatic carbocycles. The molecular formula is C32H30ClFN3O4+. The van der Waals surface area contributed by atoms with Gasteiger partial charge >= 0.3 is 12.1 Å². The Kier molecular flexibility index (Phi) is 7.13. The molecule has 0 radical (unpaired) electrons. The maximum absolute atomic E-state index is 14.5. The highest BCUT2D eigenvalue weighted by molar-refractivity contribution is 6.33. The fourth-order valence-corrected chi connectivity index (χ4v) is 6.89. The number of fused-ring (bicyclic) bond motifs is 2. The Balaban J connectivity index is 1.35. The number of halogens is 2. The highest BCUT2D eigenvalue weighted by Crippen LogP contribution is 2.46. The molecule has 2 atom stereocenters. The van der Waals surface area contributed by atoms with Crippen molar-refractivity contribution in [1.82, 2.24) is 4.98 Å². The molecule has 1 N–H and O–H groups in total. The number of carbonyl (C=O) groups is 2. The van der Waals surface area contributed by atoms with Crippen LogP contribution in [-0.2, 0) is 6.42 Å². The van der Waals surface area contributed by atoms with Crippen LogP contribution < -0.4 is 9.64 Å². The zero-order chi connectivity index (χ0) is 28.7. The number of benzene rings is 3. The van der Waals surface area contributed by atoms with Gasteiger partial charge in [-0.25, -0.2) is 18.5 Å². The Hall–Kier alpha value is -4.01. The first-order chi connectivity index (χ1) is 19.7. The molecule has 3 aromatic carbocycles. The molecule has 1 amide bonds. The van der Waals surface area contributed by atoms with Gasteiger partial charge in [0.1, 0.15) is 23.2 Å². The number of pyridine rings is 1. The smallest absolute Gasteiger partial charge is 0.449 e. The van der Waals surface area contributed by atoms with Crippen molar-refractivity contribution in [2.24, 2.45) is 0 Å². The second-order valence-corrected chi connectivity index (χ2v) is 11.4. The summed E-state index contributed by atoms with van der Waals surface area (Å²) < 4.78 is 19.4. The zero-order valence-corrected chi connectivity index (χ0v) is 23.4. The summed E-state index contributed by atoms with van der Waals surface area (Å²) >= 11 is 6.48. The van der Waals surface area contributed by atoms with Crippen molar-refractivity contribution in [1.29, 1.82) is 0 Å². The van der Waals surface area contributed by atoms with Crippen molar-refractivity contribution < 1.29 is 28.3 Å². The molecule has 1 fully saturated rings. The van der Waals surface area contributed by atoms with Crippen molar-refractivity contribution in [2.45, 2.75) is 37.8 Å². The fraction of sp³-hybridized carbons (Fsp3) is 0.281. The van der Waals surface area contributed by atoms with Crippen LogP contribution in [0.25, 0.3) is 10.8 Å². The first kappa shape index (κ1) is 27.2. The van der Waals surface area contributed by atoms with Crippen LogP contribution in [0.15, 0.2) is 73.1 Å². The first-order valence-corrected chi connectivity index (χ1v) is 14.1. The van der Waals surface area contributed by atoms with Crippen LogP contribution in [0.1, 0.15) is 46.8 Å². The number of rotatable bonds is 5. The number of hydrogen-bond donors (Lipinski definition) is 1. The summed E-state index contributed by atoms with van der Waals surface area (Å²) in [5.74, 6) is -0.546. The third kappa shape index (κ3) is 5.02. The molecular weight excluding hydrogens is 545 g/mol. The highest BCUT2D eigenvalue weighted by atomic mass is 35.5. The van der Waals surface area contributed by atoms with E-state index < -0.39 is 12.0 Å². The number of hydrogen-bond acceptors (Lipinski definition) is 5. The normalized spacial score (nSPS) is 18.6. The first-order valence-electron chi connectivity index (χ1n) is 13.7. The number of amides is 1. The van der Waals surface area contributed by atoms with E-state index in [0.717, 1.165) is 59.9 Å². The molecule has 7 nitrogen and oxygen atoms in total. The van der Waals surface area contributed by atoms with Crippen LogP contribution in [0, 0.1) is 5.82 Å². The molecule has 0 bridgehead atoms. The van der Waals surface area contributed by atoms with Crippen LogP contribution >= 0.6 is 11.6 Å². The lowest BCUT2D eigenvalue weighted by atomic mass is 9.93. The van der Waals surface area contributed by atoms with Gasteiger partial charge in [0.25, 0.3) is 0 Å². The van der Waals surface area contributed by atoms with Gasteiger partial charge in [-0.05, 0) is 65.9 Å². The second-order valence-electron chi connectivity index (χ2n) is 11.0. The average Bonchev–Trinajstić information content (AvgIpc) is 3.41. The predicted molar refractivity (Wildman–Crippen MR) is 155 cm³/mol. The minimum absolute atomic E-state index is 0.0178. The quantitative estimate of drug-likeness (QED) is 0.157. The van der Waals surface area contributed by atoms with Crippen LogP contribution in [0.4, 0.5) is 14.9 Å². The minimum atomic E-state index is -1.39. The largest absolute Gasteiger partial charge is 0.511 e. The summed E-state index contributed by atoms with van der Waals surface area (Å²) in [5.41, 5.74) is 3.22. The van der Waals surface area contributed by atoms with Crippen molar-refractivity contribution in [3.8, 4) is 5.75 Å². The van der Waals surface area contributed by atoms with Gasteiger partial charge in [-0.15, -0.1) is 0 Å². The summed E-state index contributed by atoms with van der Waals surface area (Å²) in [7, 11) is 1.93. The number of quaternary nitrogens is 1. The van der Waals surface area contributed by atoms with Crippen LogP contribution in [0.3, 0.4) is 0 Å². The number of aryl methyl sites for hydroxylation is 1. The third-order valence-electron chi connectivity index (χ3n) is 8.82. The Morgan fingerprint density at radius 2 is 1.83 bits per heavy atom. The summed E-state index contributed by atoms with van der Waals surface area (Å²) in [4.78, 5) is 32.2. The van der Waals surface area contributed by atoms with E-state index in [1.54, 1.807) is 18.3 Å². The van der Waals surface area contributed by atoms with Crippen LogP contribution in [-0.4, -0.2) is 52.8 Å². The van der Waals surface area contributed by atoms with Gasteiger partial charge in [0.2, 0.25) is 0 Å². The molecule has 41 heavy (non-hydrogen) atoms. The molecule has 0 spiro atoms. The van der Waals surface area contributed by atoms with Crippen LogP contribution in [0.5, 0.6) is 5.75 Å². The Labute approximate surface area is 242 Å². The Morgan fingerprint density at radius 3 is 2.61 bits per heavy atom. The molecule has 1 saturated heterocycles. The minimum Gasteiger partial charge on any atom is -0.449 e. The lowest BCUT2D eigenvalue weighted by Gasteiger charge is -2.47. The summed E-state index contributed by atoms with van der Waals surface area (Å²) in [6.45, 7) is 1.50. The molecule has 2 heterocycles. The van der Waals surface area contributed by atoms with Gasteiger partial charge in [-0.2, -0.15) is 0 Å². The molecule has 0 saturated carbocycles. The molecule has 210 valence electrons. The second kappa shape index (κ2) is 10.8. The third-order valence-corrected chi connectivity index (χ3v) is 9.15. The standard InChI is InChI=1S/C32H29ClFN3O4/c1-37(31(38)28-17-23(34)5-8-29(28)33,30-9-4-20-3-7-26(18-27(20)30)41-32(39)40)25-11-14-36(15-12-25)24-6-2-22-19-35-13-10-21(22)16-24/h2-3,5-8,10,13,16-19,25,30H,4,9,11-12,14-15H2,1H3/p+1. The van der Waals surface area contributed by atoms with E-state index in [9.17, 15) is 19.1 Å². The average molecular weight is 575 g/mol. The van der Waals surface area contributed by atoms with Crippen molar-refractivity contribution in [2.75, 3.05) is 25.0 Å². The predicted octanol–water partition coefficient (Wildman–Crippen LogP) is 7.03. The van der Waals surface area contributed by atoms with Crippen molar-refractivity contribution in [3.63, 3.8) is 0 Å². The Morgan fingerprint density at radius 1 is 1.02 bits per heavy atom. The van der Waals surface area contributed by atoms with Gasteiger partial charge in [-0.1, -0.05) is 23.7 Å². The Bertz CT molecular complexity index is 1660. The van der Waals surface area contributed by atoms with Crippen LogP contribution in [0.2, 0.25) is 5.02 Å². The zero-order valence-electron chi connectivity index (χ0n) is 22.6. The molecule has 9 heteroatoms. The highest BCUT2D eigenvalue weighted by Gasteiger charge is 2.51. The van der Waals surface area contributed by atoms with Gasteiger partial charge in [0.05, 0.1) is 18.1 Å². The fourth-order valence-electron chi connectivity index (χ4n) is 6.69. The summed E-state index contributed by atoms with van der Waals surface area (Å²) in [6, 6.07) is 17.2. The number of carbonyl (C=O) groups excluding carboxylic acids is 1. The summed E-state index contributed by atoms with van der Waals surface area (Å²) in [6.07, 6.45) is 5.16. The number of aromatic nitrogens is 1. The van der Waals surface area contributed by atoms with E-state index >= 15 is 0 Å². The van der Waals surface area contributed by atoms with Crippen molar-refractivity contribution in [3.05, 3.63) is 101 Å². The molecule has 2 aliphatic rings. The molecule has 1 aliphatic heterocycles.